The Bertz CT molecular complexity index is 676. The molecule has 3 rings (SSSR count). The molecule has 1 aliphatic heterocycles. The first-order chi connectivity index (χ1) is 11.1. The lowest BCUT2D eigenvalue weighted by Crippen LogP contribution is -2.39. The molecule has 2 aromatic rings. The average molecular weight is 317 g/mol. The summed E-state index contributed by atoms with van der Waals surface area (Å²) in [6.45, 7) is 3.06. The van der Waals surface area contributed by atoms with Crippen molar-refractivity contribution in [2.24, 2.45) is 13.0 Å². The molecular weight excluding hydrogens is 294 g/mol. The number of amides is 1. The Morgan fingerprint density at radius 2 is 2.26 bits per heavy atom. The number of aryl methyl sites for hydroxylation is 2. The highest BCUT2D eigenvalue weighted by Crippen LogP contribution is 2.34. The van der Waals surface area contributed by atoms with Crippen molar-refractivity contribution in [1.29, 1.82) is 0 Å². The number of furan rings is 1. The van der Waals surface area contributed by atoms with Crippen LogP contribution in [0.15, 0.2) is 28.8 Å². The number of nitrogens with zero attached hydrogens (tertiary/aromatic N) is 3. The number of rotatable bonds is 4. The van der Waals surface area contributed by atoms with Gasteiger partial charge >= 0.3 is 0 Å². The number of hydrogen-bond acceptors (Lipinski definition) is 4. The summed E-state index contributed by atoms with van der Waals surface area (Å²) in [4.78, 5) is 14.6. The van der Waals surface area contributed by atoms with Gasteiger partial charge in [-0.1, -0.05) is 0 Å². The molecule has 1 fully saturated rings. The van der Waals surface area contributed by atoms with Crippen LogP contribution in [-0.2, 0) is 23.1 Å². The summed E-state index contributed by atoms with van der Waals surface area (Å²) in [5.74, 6) is 1.56. The predicted octanol–water partition coefficient (Wildman–Crippen LogP) is 2.45. The van der Waals surface area contributed by atoms with E-state index in [2.05, 4.69) is 5.10 Å². The van der Waals surface area contributed by atoms with Crippen molar-refractivity contribution in [1.82, 2.24) is 14.7 Å². The van der Waals surface area contributed by atoms with E-state index >= 15 is 0 Å². The van der Waals surface area contributed by atoms with Gasteiger partial charge in [0.1, 0.15) is 17.6 Å². The fraction of sp³-hybridized carbons (Fsp3) is 0.529. The molecule has 0 unspecified atom stereocenters. The lowest BCUT2D eigenvalue weighted by atomic mass is 9.90. The molecule has 0 bridgehead atoms. The van der Waals surface area contributed by atoms with Crippen LogP contribution in [0.4, 0.5) is 0 Å². The SMILES string of the molecule is Cc1ccc(CN(C)C(=O)[C@@H]2CCCO[C@H]2c2ccnn2C)o1. The van der Waals surface area contributed by atoms with Gasteiger partial charge in [0, 0.05) is 26.9 Å². The van der Waals surface area contributed by atoms with Crippen LogP contribution in [-0.4, -0.2) is 34.2 Å². The van der Waals surface area contributed by atoms with E-state index < -0.39 is 0 Å². The summed E-state index contributed by atoms with van der Waals surface area (Å²) >= 11 is 0. The molecule has 2 aromatic heterocycles. The Hall–Kier alpha value is -2.08. The van der Waals surface area contributed by atoms with Gasteiger partial charge in [0.2, 0.25) is 5.91 Å². The molecule has 3 heterocycles. The largest absolute Gasteiger partial charge is 0.464 e. The van der Waals surface area contributed by atoms with Gasteiger partial charge in [-0.15, -0.1) is 0 Å². The first-order valence-electron chi connectivity index (χ1n) is 7.96. The second-order valence-electron chi connectivity index (χ2n) is 6.13. The fourth-order valence-electron chi connectivity index (χ4n) is 3.15. The molecule has 1 amide bonds. The second kappa shape index (κ2) is 6.58. The molecule has 0 radical (unpaired) electrons. The maximum absolute atomic E-state index is 12.9. The van der Waals surface area contributed by atoms with Crippen molar-refractivity contribution >= 4 is 5.91 Å². The molecule has 0 spiro atoms. The van der Waals surface area contributed by atoms with E-state index in [0.29, 0.717) is 13.2 Å². The molecule has 0 aliphatic carbocycles. The highest BCUT2D eigenvalue weighted by Gasteiger charge is 2.36. The van der Waals surface area contributed by atoms with Crippen molar-refractivity contribution in [3.8, 4) is 0 Å². The van der Waals surface area contributed by atoms with Crippen LogP contribution in [0, 0.1) is 12.8 Å². The average Bonchev–Trinajstić information content (AvgIpc) is 3.15. The molecule has 1 aliphatic rings. The number of carbonyl (C=O) groups is 1. The van der Waals surface area contributed by atoms with Crippen molar-refractivity contribution < 1.29 is 13.9 Å². The van der Waals surface area contributed by atoms with Crippen LogP contribution in [0.25, 0.3) is 0 Å². The third-order valence-corrected chi connectivity index (χ3v) is 4.36. The van der Waals surface area contributed by atoms with Gasteiger partial charge in [0.25, 0.3) is 0 Å². The molecule has 1 saturated heterocycles. The third-order valence-electron chi connectivity index (χ3n) is 4.36. The molecule has 6 heteroatoms. The minimum Gasteiger partial charge on any atom is -0.464 e. The number of carbonyl (C=O) groups excluding carboxylic acids is 1. The Labute approximate surface area is 136 Å². The normalized spacial score (nSPS) is 21.3. The molecular formula is C17H23N3O3. The van der Waals surface area contributed by atoms with Gasteiger partial charge in [-0.25, -0.2) is 0 Å². The molecule has 124 valence electrons. The van der Waals surface area contributed by atoms with Crippen molar-refractivity contribution in [2.75, 3.05) is 13.7 Å². The predicted molar refractivity (Wildman–Crippen MR) is 84.5 cm³/mol. The second-order valence-corrected chi connectivity index (χ2v) is 6.13. The Morgan fingerprint density at radius 1 is 1.43 bits per heavy atom. The van der Waals surface area contributed by atoms with Gasteiger partial charge in [0.15, 0.2) is 0 Å². The maximum Gasteiger partial charge on any atom is 0.228 e. The Kier molecular flexibility index (Phi) is 4.52. The van der Waals surface area contributed by atoms with Gasteiger partial charge < -0.3 is 14.1 Å². The summed E-state index contributed by atoms with van der Waals surface area (Å²) in [5, 5.41) is 4.20. The van der Waals surface area contributed by atoms with Crippen LogP contribution in [0.2, 0.25) is 0 Å². The maximum atomic E-state index is 12.9. The topological polar surface area (TPSA) is 60.5 Å². The quantitative estimate of drug-likeness (QED) is 0.869. The van der Waals surface area contributed by atoms with Crippen LogP contribution < -0.4 is 0 Å². The fourth-order valence-corrected chi connectivity index (χ4v) is 3.15. The first kappa shape index (κ1) is 15.8. The third kappa shape index (κ3) is 3.32. The Balaban J connectivity index is 1.74. The molecule has 6 nitrogen and oxygen atoms in total. The van der Waals surface area contributed by atoms with Gasteiger partial charge in [-0.3, -0.25) is 9.48 Å². The highest BCUT2D eigenvalue weighted by atomic mass is 16.5. The van der Waals surface area contributed by atoms with E-state index in [1.54, 1.807) is 15.8 Å². The van der Waals surface area contributed by atoms with Crippen LogP contribution in [0.1, 0.15) is 36.2 Å². The smallest absolute Gasteiger partial charge is 0.228 e. The standard InChI is InChI=1S/C17H23N3O3/c1-12-6-7-13(23-12)11-19(2)17(21)14-5-4-10-22-16(14)15-8-9-18-20(15)3/h6-9,14,16H,4-5,10-11H2,1-3H3/t14-,16-/m1/s1. The summed E-state index contributed by atoms with van der Waals surface area (Å²) in [6, 6.07) is 5.75. The zero-order chi connectivity index (χ0) is 16.4. The van der Waals surface area contributed by atoms with E-state index in [-0.39, 0.29) is 17.9 Å². The lowest BCUT2D eigenvalue weighted by Gasteiger charge is -2.33. The van der Waals surface area contributed by atoms with Crippen molar-refractivity contribution in [2.45, 2.75) is 32.4 Å². The van der Waals surface area contributed by atoms with E-state index in [4.69, 9.17) is 9.15 Å². The molecule has 23 heavy (non-hydrogen) atoms. The zero-order valence-corrected chi connectivity index (χ0v) is 13.9. The molecule has 2 atom stereocenters. The van der Waals surface area contributed by atoms with Crippen LogP contribution in [0.3, 0.4) is 0 Å². The monoisotopic (exact) mass is 317 g/mol. The first-order valence-corrected chi connectivity index (χ1v) is 7.96. The number of hydrogen-bond donors (Lipinski definition) is 0. The van der Waals surface area contributed by atoms with Crippen molar-refractivity contribution in [3.05, 3.63) is 41.6 Å². The van der Waals surface area contributed by atoms with E-state index in [1.165, 1.54) is 0 Å². The van der Waals surface area contributed by atoms with Crippen molar-refractivity contribution in [3.63, 3.8) is 0 Å². The number of aromatic nitrogens is 2. The van der Waals surface area contributed by atoms with E-state index in [9.17, 15) is 4.79 Å². The van der Waals surface area contributed by atoms with Crippen LogP contribution in [0.5, 0.6) is 0 Å². The summed E-state index contributed by atoms with van der Waals surface area (Å²) in [5.41, 5.74) is 0.949. The lowest BCUT2D eigenvalue weighted by molar-refractivity contribution is -0.145. The van der Waals surface area contributed by atoms with Gasteiger partial charge in [-0.2, -0.15) is 5.10 Å². The highest BCUT2D eigenvalue weighted by molar-refractivity contribution is 5.79. The Morgan fingerprint density at radius 3 is 2.91 bits per heavy atom. The molecule has 0 saturated carbocycles. The minimum atomic E-state index is -0.232. The van der Waals surface area contributed by atoms with Crippen LogP contribution >= 0.6 is 0 Å². The van der Waals surface area contributed by atoms with E-state index in [0.717, 1.165) is 30.1 Å². The summed E-state index contributed by atoms with van der Waals surface area (Å²) < 4.78 is 13.3. The van der Waals surface area contributed by atoms with E-state index in [1.807, 2.05) is 39.2 Å². The summed E-state index contributed by atoms with van der Waals surface area (Å²) in [6.07, 6.45) is 3.24. The van der Waals surface area contributed by atoms with Gasteiger partial charge in [-0.05, 0) is 38.0 Å². The number of ether oxygens (including phenoxy) is 1. The summed E-state index contributed by atoms with van der Waals surface area (Å²) in [7, 11) is 3.69. The molecule has 0 aromatic carbocycles. The molecule has 0 N–H and O–H groups in total. The minimum absolute atomic E-state index is 0.0879. The zero-order valence-electron chi connectivity index (χ0n) is 13.9. The van der Waals surface area contributed by atoms with Gasteiger partial charge in [0.05, 0.1) is 18.2 Å².